The summed E-state index contributed by atoms with van der Waals surface area (Å²) < 4.78 is 6.04. The van der Waals surface area contributed by atoms with Crippen molar-refractivity contribution in [1.82, 2.24) is 10.2 Å². The Kier molecular flexibility index (Phi) is 5.21. The lowest BCUT2D eigenvalue weighted by molar-refractivity contribution is 0.223. The second-order valence-electron chi connectivity index (χ2n) is 5.44. The van der Waals surface area contributed by atoms with Gasteiger partial charge in [0.15, 0.2) is 0 Å². The molecule has 1 aromatic heterocycles. The molecule has 0 saturated heterocycles. The van der Waals surface area contributed by atoms with Gasteiger partial charge in [-0.2, -0.15) is 0 Å². The highest BCUT2D eigenvalue weighted by atomic mass is 16.3. The predicted octanol–water partition coefficient (Wildman–Crippen LogP) is 3.77. The molecule has 0 fully saturated rings. The summed E-state index contributed by atoms with van der Waals surface area (Å²) in [7, 11) is 0. The van der Waals surface area contributed by atoms with Crippen molar-refractivity contribution in [2.75, 3.05) is 13.1 Å². The third-order valence-corrected chi connectivity index (χ3v) is 3.82. The number of benzene rings is 1. The van der Waals surface area contributed by atoms with Crippen molar-refractivity contribution in [1.29, 1.82) is 0 Å². The maximum Gasteiger partial charge on any atom is 0.134 e. The van der Waals surface area contributed by atoms with Crippen LogP contribution < -0.4 is 5.32 Å². The normalized spacial score (nSPS) is 11.9. The zero-order valence-corrected chi connectivity index (χ0v) is 13.1. The lowest BCUT2D eigenvalue weighted by Gasteiger charge is -2.24. The van der Waals surface area contributed by atoms with Crippen molar-refractivity contribution >= 4 is 11.0 Å². The molecule has 0 unspecified atom stereocenters. The minimum atomic E-state index is 0.542. The first-order chi connectivity index (χ1) is 9.67. The van der Waals surface area contributed by atoms with Gasteiger partial charge in [-0.1, -0.05) is 32.0 Å². The van der Waals surface area contributed by atoms with E-state index in [0.29, 0.717) is 6.04 Å². The molecule has 0 aliphatic carbocycles. The van der Waals surface area contributed by atoms with Crippen LogP contribution in [0.2, 0.25) is 0 Å². The molecule has 20 heavy (non-hydrogen) atoms. The van der Waals surface area contributed by atoms with Crippen LogP contribution in [-0.2, 0) is 13.1 Å². The Morgan fingerprint density at radius 3 is 2.60 bits per heavy atom. The third-order valence-electron chi connectivity index (χ3n) is 3.82. The number of para-hydroxylation sites is 1. The van der Waals surface area contributed by atoms with Crippen LogP contribution in [0.1, 0.15) is 39.0 Å². The minimum Gasteiger partial charge on any atom is -0.459 e. The molecule has 0 radical (unpaired) electrons. The summed E-state index contributed by atoms with van der Waals surface area (Å²) in [6, 6.07) is 8.88. The molecule has 3 nitrogen and oxygen atoms in total. The van der Waals surface area contributed by atoms with E-state index < -0.39 is 0 Å². The fraction of sp³-hybridized carbons (Fsp3) is 0.529. The van der Waals surface area contributed by atoms with Crippen LogP contribution in [0.5, 0.6) is 0 Å². The summed E-state index contributed by atoms with van der Waals surface area (Å²) in [5.74, 6) is 1.08. The molecule has 0 bridgehead atoms. The lowest BCUT2D eigenvalue weighted by atomic mass is 10.1. The molecule has 0 aliphatic rings. The fourth-order valence-electron chi connectivity index (χ4n) is 2.57. The maximum atomic E-state index is 6.04. The summed E-state index contributed by atoms with van der Waals surface area (Å²) in [5, 5.41) is 4.62. The van der Waals surface area contributed by atoms with Crippen LogP contribution in [0, 0.1) is 0 Å². The van der Waals surface area contributed by atoms with Crippen molar-refractivity contribution in [3.05, 3.63) is 35.6 Å². The number of hydrogen-bond donors (Lipinski definition) is 1. The smallest absolute Gasteiger partial charge is 0.134 e. The number of furan rings is 1. The molecule has 0 amide bonds. The van der Waals surface area contributed by atoms with Crippen LogP contribution >= 0.6 is 0 Å². The number of nitrogens with zero attached hydrogens (tertiary/aromatic N) is 1. The number of rotatable bonds is 7. The summed E-state index contributed by atoms with van der Waals surface area (Å²) in [6.45, 7) is 12.6. The minimum absolute atomic E-state index is 0.542. The van der Waals surface area contributed by atoms with Crippen LogP contribution in [0.25, 0.3) is 11.0 Å². The molecule has 3 heteroatoms. The van der Waals surface area contributed by atoms with Gasteiger partial charge < -0.3 is 9.73 Å². The van der Waals surface area contributed by atoms with E-state index in [4.69, 9.17) is 4.42 Å². The highest BCUT2D eigenvalue weighted by Gasteiger charge is 2.17. The highest BCUT2D eigenvalue weighted by Crippen LogP contribution is 2.27. The fourth-order valence-corrected chi connectivity index (χ4v) is 2.57. The Morgan fingerprint density at radius 2 is 1.95 bits per heavy atom. The second kappa shape index (κ2) is 6.91. The van der Waals surface area contributed by atoms with Crippen LogP contribution in [0.4, 0.5) is 0 Å². The van der Waals surface area contributed by atoms with Crippen LogP contribution in [-0.4, -0.2) is 24.0 Å². The zero-order chi connectivity index (χ0) is 14.5. The first kappa shape index (κ1) is 15.1. The maximum absolute atomic E-state index is 6.04. The Hall–Kier alpha value is -1.32. The molecule has 0 aliphatic heterocycles. The SMILES string of the molecule is CCNCc1oc2ccccc2c1CN(CC)C(C)C. The van der Waals surface area contributed by atoms with Gasteiger partial charge in [-0.3, -0.25) is 4.90 Å². The average Bonchev–Trinajstić information content (AvgIpc) is 2.79. The second-order valence-corrected chi connectivity index (χ2v) is 5.44. The van der Waals surface area contributed by atoms with E-state index in [1.165, 1.54) is 10.9 Å². The molecule has 0 saturated carbocycles. The van der Waals surface area contributed by atoms with Gasteiger partial charge in [0.1, 0.15) is 11.3 Å². The van der Waals surface area contributed by atoms with Gasteiger partial charge in [0.2, 0.25) is 0 Å². The van der Waals surface area contributed by atoms with E-state index in [9.17, 15) is 0 Å². The third kappa shape index (κ3) is 3.22. The standard InChI is InChI=1S/C17H26N2O/c1-5-18-11-17-15(12-19(6-2)13(3)4)14-9-7-8-10-16(14)20-17/h7-10,13,18H,5-6,11-12H2,1-4H3. The van der Waals surface area contributed by atoms with Crippen molar-refractivity contribution in [2.45, 2.75) is 46.8 Å². The number of nitrogens with one attached hydrogen (secondary N) is 1. The summed E-state index contributed by atoms with van der Waals surface area (Å²) in [6.07, 6.45) is 0. The zero-order valence-electron chi connectivity index (χ0n) is 13.1. The van der Waals surface area contributed by atoms with Crippen molar-refractivity contribution in [2.24, 2.45) is 0 Å². The number of fused-ring (bicyclic) bond motifs is 1. The van der Waals surface area contributed by atoms with E-state index >= 15 is 0 Å². The number of hydrogen-bond acceptors (Lipinski definition) is 3. The monoisotopic (exact) mass is 274 g/mol. The van der Waals surface area contributed by atoms with Gasteiger partial charge in [0, 0.05) is 23.5 Å². The molecular formula is C17H26N2O. The molecular weight excluding hydrogens is 248 g/mol. The van der Waals surface area contributed by atoms with Gasteiger partial charge in [0.05, 0.1) is 6.54 Å². The van der Waals surface area contributed by atoms with Gasteiger partial charge in [0.25, 0.3) is 0 Å². The Labute approximate surface area is 122 Å². The quantitative estimate of drug-likeness (QED) is 0.833. The average molecular weight is 274 g/mol. The molecule has 2 rings (SSSR count). The Balaban J connectivity index is 2.36. The van der Waals surface area contributed by atoms with Gasteiger partial charge >= 0.3 is 0 Å². The van der Waals surface area contributed by atoms with E-state index in [1.807, 2.05) is 6.07 Å². The molecule has 0 spiro atoms. The van der Waals surface area contributed by atoms with Crippen molar-refractivity contribution in [3.8, 4) is 0 Å². The Bertz CT molecular complexity index is 545. The molecule has 0 atom stereocenters. The van der Waals surface area contributed by atoms with E-state index in [1.54, 1.807) is 0 Å². The van der Waals surface area contributed by atoms with Crippen molar-refractivity contribution in [3.63, 3.8) is 0 Å². The van der Waals surface area contributed by atoms with Gasteiger partial charge in [-0.25, -0.2) is 0 Å². The van der Waals surface area contributed by atoms with Crippen LogP contribution in [0.15, 0.2) is 28.7 Å². The summed E-state index contributed by atoms with van der Waals surface area (Å²) >= 11 is 0. The topological polar surface area (TPSA) is 28.4 Å². The van der Waals surface area contributed by atoms with Crippen molar-refractivity contribution < 1.29 is 4.42 Å². The predicted molar refractivity (Wildman–Crippen MR) is 84.8 cm³/mol. The summed E-state index contributed by atoms with van der Waals surface area (Å²) in [4.78, 5) is 2.47. The summed E-state index contributed by atoms with van der Waals surface area (Å²) in [5.41, 5.74) is 2.33. The molecule has 110 valence electrons. The largest absolute Gasteiger partial charge is 0.459 e. The first-order valence-corrected chi connectivity index (χ1v) is 7.61. The highest BCUT2D eigenvalue weighted by molar-refractivity contribution is 5.82. The van der Waals surface area contributed by atoms with E-state index in [-0.39, 0.29) is 0 Å². The molecule has 1 N–H and O–H groups in total. The van der Waals surface area contributed by atoms with Gasteiger partial charge in [-0.15, -0.1) is 0 Å². The molecule has 2 aromatic rings. The molecule has 1 heterocycles. The first-order valence-electron chi connectivity index (χ1n) is 7.61. The van der Waals surface area contributed by atoms with E-state index in [0.717, 1.165) is 37.5 Å². The lowest BCUT2D eigenvalue weighted by Crippen LogP contribution is -2.30. The van der Waals surface area contributed by atoms with E-state index in [2.05, 4.69) is 56.1 Å². The molecule has 1 aromatic carbocycles. The van der Waals surface area contributed by atoms with Crippen LogP contribution in [0.3, 0.4) is 0 Å². The Morgan fingerprint density at radius 1 is 1.20 bits per heavy atom. The van der Waals surface area contributed by atoms with Gasteiger partial charge in [-0.05, 0) is 33.0 Å².